The van der Waals surface area contributed by atoms with Crippen LogP contribution in [0.25, 0.3) is 0 Å². The monoisotopic (exact) mass is 336 g/mol. The molecule has 0 unspecified atom stereocenters. The molecule has 1 aliphatic rings. The topological polar surface area (TPSA) is 72.2 Å². The second-order valence-electron chi connectivity index (χ2n) is 6.52. The molecule has 128 valence electrons. The summed E-state index contributed by atoms with van der Waals surface area (Å²) in [7, 11) is 0. The molecular weight excluding hydrogens is 308 g/mol. The summed E-state index contributed by atoms with van der Waals surface area (Å²) < 4.78 is 0. The highest BCUT2D eigenvalue weighted by Gasteiger charge is 2.27. The van der Waals surface area contributed by atoms with E-state index in [1.54, 1.807) is 6.07 Å². The lowest BCUT2D eigenvalue weighted by Crippen LogP contribution is -2.27. The molecule has 0 radical (unpaired) electrons. The first-order chi connectivity index (χ1) is 11.0. The van der Waals surface area contributed by atoms with Crippen molar-refractivity contribution in [3.8, 4) is 0 Å². The Morgan fingerprint density at radius 2 is 1.96 bits per heavy atom. The van der Waals surface area contributed by atoms with E-state index in [2.05, 4.69) is 12.2 Å². The number of amides is 2. The van der Waals surface area contributed by atoms with Crippen LogP contribution in [-0.2, 0) is 11.2 Å². The number of hydrogen-bond donors (Lipinski definition) is 2. The molecule has 0 bridgehead atoms. The van der Waals surface area contributed by atoms with Gasteiger partial charge in [0, 0.05) is 10.8 Å². The molecule has 1 aromatic rings. The zero-order chi connectivity index (χ0) is 16.8. The standard InChI is InChI=1S/C18H28N2O2S/c1-3-5-6-12-7-9-13(10-8-12)17(22)20-18-15(16(19)21)11-14(4-2)23-18/h11-13H,3-10H2,1-2H3,(H2,19,21)(H,20,22). The molecule has 0 aliphatic heterocycles. The van der Waals surface area contributed by atoms with E-state index < -0.39 is 5.91 Å². The summed E-state index contributed by atoms with van der Waals surface area (Å²) in [6.07, 6.45) is 8.87. The number of anilines is 1. The van der Waals surface area contributed by atoms with Gasteiger partial charge in [-0.05, 0) is 44.1 Å². The summed E-state index contributed by atoms with van der Waals surface area (Å²) in [6.45, 7) is 4.25. The summed E-state index contributed by atoms with van der Waals surface area (Å²) in [4.78, 5) is 25.1. The Morgan fingerprint density at radius 3 is 2.52 bits per heavy atom. The third kappa shape index (κ3) is 4.80. The zero-order valence-electron chi connectivity index (χ0n) is 14.2. The molecule has 4 nitrogen and oxygen atoms in total. The van der Waals surface area contributed by atoms with Crippen LogP contribution in [0, 0.1) is 11.8 Å². The minimum absolute atomic E-state index is 0.0472. The molecule has 0 atom stereocenters. The van der Waals surface area contributed by atoms with Crippen molar-refractivity contribution in [3.05, 3.63) is 16.5 Å². The lowest BCUT2D eigenvalue weighted by Gasteiger charge is -2.27. The third-order valence-corrected chi connectivity index (χ3v) is 6.01. The number of rotatable bonds is 7. The Bertz CT molecular complexity index is 545. The highest BCUT2D eigenvalue weighted by atomic mass is 32.1. The maximum Gasteiger partial charge on any atom is 0.251 e. The summed E-state index contributed by atoms with van der Waals surface area (Å²) >= 11 is 1.46. The van der Waals surface area contributed by atoms with Crippen LogP contribution in [0.2, 0.25) is 0 Å². The average molecular weight is 337 g/mol. The molecule has 0 spiro atoms. The van der Waals surface area contributed by atoms with Crippen LogP contribution < -0.4 is 11.1 Å². The van der Waals surface area contributed by atoms with Gasteiger partial charge in [-0.3, -0.25) is 9.59 Å². The van der Waals surface area contributed by atoms with E-state index in [4.69, 9.17) is 5.73 Å². The van der Waals surface area contributed by atoms with E-state index >= 15 is 0 Å². The summed E-state index contributed by atoms with van der Waals surface area (Å²) in [6, 6.07) is 1.80. The third-order valence-electron chi connectivity index (χ3n) is 4.82. The number of thiophene rings is 1. The first-order valence-electron chi connectivity index (χ1n) is 8.78. The fourth-order valence-corrected chi connectivity index (χ4v) is 4.32. The van der Waals surface area contributed by atoms with Crippen molar-refractivity contribution in [3.63, 3.8) is 0 Å². The van der Waals surface area contributed by atoms with E-state index in [-0.39, 0.29) is 11.8 Å². The van der Waals surface area contributed by atoms with E-state index in [0.29, 0.717) is 10.6 Å². The minimum Gasteiger partial charge on any atom is -0.366 e. The summed E-state index contributed by atoms with van der Waals surface area (Å²) in [5, 5.41) is 3.57. The van der Waals surface area contributed by atoms with E-state index in [0.717, 1.165) is 42.9 Å². The molecule has 0 saturated heterocycles. The van der Waals surface area contributed by atoms with Crippen LogP contribution in [0.1, 0.15) is 74.0 Å². The van der Waals surface area contributed by atoms with Gasteiger partial charge in [-0.1, -0.05) is 33.1 Å². The summed E-state index contributed by atoms with van der Waals surface area (Å²) in [5.74, 6) is 0.430. The number of primary amides is 1. The van der Waals surface area contributed by atoms with Gasteiger partial charge >= 0.3 is 0 Å². The Labute approximate surface area is 142 Å². The Kier molecular flexibility index (Phi) is 6.63. The molecular formula is C18H28N2O2S. The van der Waals surface area contributed by atoms with Crippen molar-refractivity contribution >= 4 is 28.2 Å². The molecule has 2 amide bonds. The maximum absolute atomic E-state index is 12.5. The van der Waals surface area contributed by atoms with Gasteiger partial charge in [-0.2, -0.15) is 0 Å². The van der Waals surface area contributed by atoms with Crippen molar-refractivity contribution < 1.29 is 9.59 Å². The number of hydrogen-bond acceptors (Lipinski definition) is 3. The maximum atomic E-state index is 12.5. The predicted molar refractivity (Wildman–Crippen MR) is 95.8 cm³/mol. The van der Waals surface area contributed by atoms with Gasteiger partial charge in [0.2, 0.25) is 5.91 Å². The van der Waals surface area contributed by atoms with Crippen LogP contribution in [-0.4, -0.2) is 11.8 Å². The highest BCUT2D eigenvalue weighted by Crippen LogP contribution is 2.34. The van der Waals surface area contributed by atoms with Crippen molar-refractivity contribution in [2.75, 3.05) is 5.32 Å². The lowest BCUT2D eigenvalue weighted by molar-refractivity contribution is -0.121. The number of nitrogens with two attached hydrogens (primary N) is 1. The van der Waals surface area contributed by atoms with Crippen molar-refractivity contribution in [2.24, 2.45) is 17.6 Å². The fraction of sp³-hybridized carbons (Fsp3) is 0.667. The number of unbranched alkanes of at least 4 members (excludes halogenated alkanes) is 1. The van der Waals surface area contributed by atoms with E-state index in [1.807, 2.05) is 6.92 Å². The van der Waals surface area contributed by atoms with Crippen LogP contribution >= 0.6 is 11.3 Å². The molecule has 5 heteroatoms. The van der Waals surface area contributed by atoms with Crippen LogP contribution in [0.15, 0.2) is 6.07 Å². The largest absolute Gasteiger partial charge is 0.366 e. The van der Waals surface area contributed by atoms with Gasteiger partial charge in [0.25, 0.3) is 5.91 Å². The normalized spacial score (nSPS) is 21.1. The number of nitrogens with one attached hydrogen (secondary N) is 1. The quantitative estimate of drug-likeness (QED) is 0.777. The molecule has 1 heterocycles. The second-order valence-corrected chi connectivity index (χ2v) is 7.66. The van der Waals surface area contributed by atoms with Gasteiger partial charge in [0.15, 0.2) is 0 Å². The first kappa shape index (κ1) is 18.0. The molecule has 1 aromatic heterocycles. The molecule has 0 aromatic carbocycles. The number of carbonyl (C=O) groups excluding carboxylic acids is 2. The van der Waals surface area contributed by atoms with E-state index in [9.17, 15) is 9.59 Å². The highest BCUT2D eigenvalue weighted by molar-refractivity contribution is 7.16. The van der Waals surface area contributed by atoms with E-state index in [1.165, 1.54) is 30.6 Å². The van der Waals surface area contributed by atoms with Gasteiger partial charge in [-0.25, -0.2) is 0 Å². The van der Waals surface area contributed by atoms with Crippen LogP contribution in [0.5, 0.6) is 0 Å². The minimum atomic E-state index is -0.473. The molecule has 3 N–H and O–H groups in total. The average Bonchev–Trinajstić information content (AvgIpc) is 2.96. The lowest BCUT2D eigenvalue weighted by atomic mass is 9.79. The van der Waals surface area contributed by atoms with Crippen molar-refractivity contribution in [2.45, 2.75) is 65.2 Å². The molecule has 2 rings (SSSR count). The summed E-state index contributed by atoms with van der Waals surface area (Å²) in [5.41, 5.74) is 5.86. The Morgan fingerprint density at radius 1 is 1.26 bits per heavy atom. The van der Waals surface area contributed by atoms with Crippen molar-refractivity contribution in [1.82, 2.24) is 0 Å². The van der Waals surface area contributed by atoms with Gasteiger partial charge < -0.3 is 11.1 Å². The smallest absolute Gasteiger partial charge is 0.251 e. The fourth-order valence-electron chi connectivity index (χ4n) is 3.31. The van der Waals surface area contributed by atoms with Crippen LogP contribution in [0.3, 0.4) is 0 Å². The number of aryl methyl sites for hydroxylation is 1. The van der Waals surface area contributed by atoms with Gasteiger partial charge in [0.1, 0.15) is 5.00 Å². The Hall–Kier alpha value is -1.36. The molecule has 1 saturated carbocycles. The Balaban J connectivity index is 1.93. The van der Waals surface area contributed by atoms with Gasteiger partial charge in [0.05, 0.1) is 5.56 Å². The predicted octanol–water partition coefficient (Wildman–Crippen LogP) is 4.34. The van der Waals surface area contributed by atoms with Crippen molar-refractivity contribution in [1.29, 1.82) is 0 Å². The van der Waals surface area contributed by atoms with Gasteiger partial charge in [-0.15, -0.1) is 11.3 Å². The van der Waals surface area contributed by atoms with Crippen LogP contribution in [0.4, 0.5) is 5.00 Å². The molecule has 1 aliphatic carbocycles. The first-order valence-corrected chi connectivity index (χ1v) is 9.60. The second kappa shape index (κ2) is 8.48. The zero-order valence-corrected chi connectivity index (χ0v) is 15.0. The SMILES string of the molecule is CCCCC1CCC(C(=O)Nc2sc(CC)cc2C(N)=O)CC1. The number of carbonyl (C=O) groups is 2. The molecule has 1 fully saturated rings. The molecule has 23 heavy (non-hydrogen) atoms.